The van der Waals surface area contributed by atoms with Crippen LogP contribution in [0.4, 0.5) is 5.69 Å². The van der Waals surface area contributed by atoms with Crippen molar-refractivity contribution < 1.29 is 9.53 Å². The number of unbranched alkanes of at least 4 members (excludes halogenated alkanes) is 1. The molecule has 0 radical (unpaired) electrons. The molecule has 6 heteroatoms. The first kappa shape index (κ1) is 20.5. The van der Waals surface area contributed by atoms with E-state index in [1.54, 1.807) is 7.11 Å². The largest absolute Gasteiger partial charge is 0.497 e. The topological polar surface area (TPSA) is 44.8 Å². The molecule has 1 aromatic rings. The van der Waals surface area contributed by atoms with Crippen molar-refractivity contribution >= 4 is 28.9 Å². The van der Waals surface area contributed by atoms with Gasteiger partial charge in [0.25, 0.3) is 5.91 Å². The van der Waals surface area contributed by atoms with Crippen molar-refractivity contribution in [3.8, 4) is 17.6 Å². The molecule has 0 aliphatic carbocycles. The summed E-state index contributed by atoms with van der Waals surface area (Å²) in [6.07, 6.45) is 4.96. The number of carbonyl (C=O) groups excluding carboxylic acids is 1. The second-order valence-corrected chi connectivity index (χ2v) is 8.06. The van der Waals surface area contributed by atoms with Gasteiger partial charge < -0.3 is 19.9 Å². The summed E-state index contributed by atoms with van der Waals surface area (Å²) in [6, 6.07) is 7.79. The van der Waals surface area contributed by atoms with Gasteiger partial charge in [-0.3, -0.25) is 4.79 Å². The van der Waals surface area contributed by atoms with Gasteiger partial charge in [-0.25, -0.2) is 0 Å². The summed E-state index contributed by atoms with van der Waals surface area (Å²) in [5.74, 6) is 6.57. The summed E-state index contributed by atoms with van der Waals surface area (Å²) in [7, 11) is 1.66. The molecule has 0 atom stereocenters. The van der Waals surface area contributed by atoms with Gasteiger partial charge in [-0.2, -0.15) is 0 Å². The number of ether oxygens (including phenoxy) is 1. The molecular formula is C22H29N3O2S. The van der Waals surface area contributed by atoms with E-state index in [0.717, 1.165) is 74.8 Å². The van der Waals surface area contributed by atoms with Gasteiger partial charge in [-0.05, 0) is 61.4 Å². The summed E-state index contributed by atoms with van der Waals surface area (Å²) in [5, 5.41) is 4.07. The number of rotatable bonds is 3. The SMILES string of the molecule is CCCC#CC(=O)N1CCC2(CCN(C(=S)Nc3cccc(OC)c3)CC2)C1. The second-order valence-electron chi connectivity index (χ2n) is 7.68. The van der Waals surface area contributed by atoms with Gasteiger partial charge in [0.15, 0.2) is 5.11 Å². The maximum Gasteiger partial charge on any atom is 0.298 e. The van der Waals surface area contributed by atoms with E-state index in [4.69, 9.17) is 17.0 Å². The Morgan fingerprint density at radius 1 is 1.25 bits per heavy atom. The van der Waals surface area contributed by atoms with Crippen LogP contribution < -0.4 is 10.1 Å². The van der Waals surface area contributed by atoms with Gasteiger partial charge in [0.1, 0.15) is 5.75 Å². The fraction of sp³-hybridized carbons (Fsp3) is 0.545. The van der Waals surface area contributed by atoms with Crippen LogP contribution in [0.5, 0.6) is 5.75 Å². The highest BCUT2D eigenvalue weighted by Crippen LogP contribution is 2.40. The van der Waals surface area contributed by atoms with E-state index in [9.17, 15) is 4.79 Å². The van der Waals surface area contributed by atoms with Crippen LogP contribution in [0.15, 0.2) is 24.3 Å². The third-order valence-corrected chi connectivity index (χ3v) is 6.09. The molecular weight excluding hydrogens is 370 g/mol. The third kappa shape index (κ3) is 4.96. The lowest BCUT2D eigenvalue weighted by Gasteiger charge is -2.40. The molecule has 0 aromatic heterocycles. The van der Waals surface area contributed by atoms with Crippen molar-refractivity contribution in [3.05, 3.63) is 24.3 Å². The predicted octanol–water partition coefficient (Wildman–Crippen LogP) is 3.51. The number of benzene rings is 1. The number of piperidine rings is 1. The Morgan fingerprint density at radius 3 is 2.64 bits per heavy atom. The first-order valence-corrected chi connectivity index (χ1v) is 10.4. The highest BCUT2D eigenvalue weighted by atomic mass is 32.1. The summed E-state index contributed by atoms with van der Waals surface area (Å²) < 4.78 is 5.27. The lowest BCUT2D eigenvalue weighted by Crippen LogP contribution is -2.46. The summed E-state index contributed by atoms with van der Waals surface area (Å²) in [6.45, 7) is 5.56. The number of hydrogen-bond acceptors (Lipinski definition) is 3. The molecule has 1 aromatic carbocycles. The molecule has 1 spiro atoms. The van der Waals surface area contributed by atoms with Crippen molar-refractivity contribution in [1.29, 1.82) is 0 Å². The zero-order valence-electron chi connectivity index (χ0n) is 16.8. The van der Waals surface area contributed by atoms with Crippen LogP contribution in [0.2, 0.25) is 0 Å². The molecule has 1 amide bonds. The normalized spacial score (nSPS) is 17.8. The lowest BCUT2D eigenvalue weighted by molar-refractivity contribution is -0.124. The highest BCUT2D eigenvalue weighted by molar-refractivity contribution is 7.80. The Bertz CT molecular complexity index is 775. The molecule has 2 heterocycles. The van der Waals surface area contributed by atoms with Crippen LogP contribution in [0.3, 0.4) is 0 Å². The van der Waals surface area contributed by atoms with Gasteiger partial charge in [0, 0.05) is 44.4 Å². The van der Waals surface area contributed by atoms with Gasteiger partial charge in [0.05, 0.1) is 7.11 Å². The molecule has 0 saturated carbocycles. The number of nitrogens with one attached hydrogen (secondary N) is 1. The fourth-order valence-corrected chi connectivity index (χ4v) is 4.25. The Kier molecular flexibility index (Phi) is 6.79. The monoisotopic (exact) mass is 399 g/mol. The summed E-state index contributed by atoms with van der Waals surface area (Å²) >= 11 is 5.61. The zero-order valence-corrected chi connectivity index (χ0v) is 17.6. The molecule has 2 aliphatic heterocycles. The minimum Gasteiger partial charge on any atom is -0.497 e. The zero-order chi connectivity index (χ0) is 20.0. The van der Waals surface area contributed by atoms with Gasteiger partial charge in [0.2, 0.25) is 0 Å². The molecule has 5 nitrogen and oxygen atoms in total. The van der Waals surface area contributed by atoms with Crippen LogP contribution in [0, 0.1) is 17.3 Å². The molecule has 28 heavy (non-hydrogen) atoms. The van der Waals surface area contributed by atoms with Crippen molar-refractivity contribution in [3.63, 3.8) is 0 Å². The van der Waals surface area contributed by atoms with Gasteiger partial charge >= 0.3 is 0 Å². The van der Waals surface area contributed by atoms with Crippen molar-refractivity contribution in [2.75, 3.05) is 38.6 Å². The van der Waals surface area contributed by atoms with E-state index in [1.165, 1.54) is 0 Å². The van der Waals surface area contributed by atoms with Crippen LogP contribution in [-0.4, -0.2) is 54.1 Å². The Labute approximate surface area is 173 Å². The van der Waals surface area contributed by atoms with E-state index in [2.05, 4.69) is 29.0 Å². The average molecular weight is 400 g/mol. The van der Waals surface area contributed by atoms with Crippen LogP contribution in [0.25, 0.3) is 0 Å². The third-order valence-electron chi connectivity index (χ3n) is 5.73. The number of amides is 1. The molecule has 150 valence electrons. The smallest absolute Gasteiger partial charge is 0.298 e. The molecule has 2 fully saturated rings. The molecule has 0 unspecified atom stereocenters. The number of likely N-dealkylation sites (tertiary alicyclic amines) is 2. The van der Waals surface area contributed by atoms with E-state index in [-0.39, 0.29) is 11.3 Å². The van der Waals surface area contributed by atoms with E-state index in [1.807, 2.05) is 29.2 Å². The minimum absolute atomic E-state index is 0.0111. The van der Waals surface area contributed by atoms with Gasteiger partial charge in [-0.15, -0.1) is 0 Å². The molecule has 3 rings (SSSR count). The van der Waals surface area contributed by atoms with Crippen molar-refractivity contribution in [1.82, 2.24) is 9.80 Å². The second kappa shape index (κ2) is 9.29. The first-order chi connectivity index (χ1) is 13.5. The van der Waals surface area contributed by atoms with Crippen molar-refractivity contribution in [2.24, 2.45) is 5.41 Å². The summed E-state index contributed by atoms with van der Waals surface area (Å²) in [5.41, 5.74) is 1.16. The quantitative estimate of drug-likeness (QED) is 0.622. The first-order valence-electron chi connectivity index (χ1n) is 10.0. The number of methoxy groups -OCH3 is 1. The van der Waals surface area contributed by atoms with Crippen LogP contribution >= 0.6 is 12.2 Å². The average Bonchev–Trinajstić information content (AvgIpc) is 3.12. The maximum absolute atomic E-state index is 12.3. The van der Waals surface area contributed by atoms with Gasteiger partial charge in [-0.1, -0.05) is 18.9 Å². The maximum atomic E-state index is 12.3. The minimum atomic E-state index is -0.0111. The van der Waals surface area contributed by atoms with Crippen LogP contribution in [-0.2, 0) is 4.79 Å². The van der Waals surface area contributed by atoms with Crippen LogP contribution in [0.1, 0.15) is 39.0 Å². The number of carbonyl (C=O) groups is 1. The van der Waals surface area contributed by atoms with Crippen molar-refractivity contribution in [2.45, 2.75) is 39.0 Å². The predicted molar refractivity (Wildman–Crippen MR) is 116 cm³/mol. The molecule has 1 N–H and O–H groups in total. The Balaban J connectivity index is 1.51. The van der Waals surface area contributed by atoms with E-state index >= 15 is 0 Å². The fourth-order valence-electron chi connectivity index (χ4n) is 3.95. The Morgan fingerprint density at radius 2 is 1.96 bits per heavy atom. The standard InChI is InChI=1S/C22H29N3O2S/c1-3-4-5-9-20(26)25-15-12-22(17-25)10-13-24(14-11-22)21(28)23-18-7-6-8-19(16-18)27-2/h6-8,16H,3-4,10-15,17H2,1-2H3,(H,23,28). The summed E-state index contributed by atoms with van der Waals surface area (Å²) in [4.78, 5) is 16.4. The lowest BCUT2D eigenvalue weighted by atomic mass is 9.78. The molecule has 2 saturated heterocycles. The van der Waals surface area contributed by atoms with E-state index < -0.39 is 0 Å². The molecule has 0 bridgehead atoms. The number of thiocarbonyl (C=S) groups is 1. The number of anilines is 1. The number of nitrogens with zero attached hydrogens (tertiary/aromatic N) is 2. The molecule has 2 aliphatic rings. The van der Waals surface area contributed by atoms with E-state index in [0.29, 0.717) is 0 Å². The number of hydrogen-bond donors (Lipinski definition) is 1. The Hall–Kier alpha value is -2.26. The highest BCUT2D eigenvalue weighted by Gasteiger charge is 2.42.